The number of esters is 1. The Balaban J connectivity index is 1.96. The van der Waals surface area contributed by atoms with Crippen LogP contribution >= 0.6 is 0 Å². The molecular formula is C19H36O2. The summed E-state index contributed by atoms with van der Waals surface area (Å²) >= 11 is 0. The lowest BCUT2D eigenvalue weighted by atomic mass is 9.75. The van der Waals surface area contributed by atoms with Gasteiger partial charge in [-0.05, 0) is 18.3 Å². The fraction of sp³-hybridized carbons (Fsp3) is 0.947. The first-order chi connectivity index (χ1) is 10.3. The molecule has 1 fully saturated rings. The number of methoxy groups -OCH3 is 1. The molecule has 2 heteroatoms. The SMILES string of the molecule is CCCC1CCCCC1CCCCCCCCC(=O)OC. The molecule has 0 aromatic heterocycles. The second-order valence-electron chi connectivity index (χ2n) is 6.83. The van der Waals surface area contributed by atoms with E-state index in [1.165, 1.54) is 84.2 Å². The van der Waals surface area contributed by atoms with E-state index in [4.69, 9.17) is 0 Å². The fourth-order valence-electron chi connectivity index (χ4n) is 3.90. The van der Waals surface area contributed by atoms with Gasteiger partial charge in [0.2, 0.25) is 0 Å². The maximum atomic E-state index is 11.0. The van der Waals surface area contributed by atoms with Gasteiger partial charge in [-0.2, -0.15) is 0 Å². The van der Waals surface area contributed by atoms with E-state index >= 15 is 0 Å². The van der Waals surface area contributed by atoms with Crippen molar-refractivity contribution in [2.24, 2.45) is 11.8 Å². The molecular weight excluding hydrogens is 260 g/mol. The van der Waals surface area contributed by atoms with Crippen LogP contribution in [0.2, 0.25) is 0 Å². The number of unbranched alkanes of at least 4 members (excludes halogenated alkanes) is 5. The van der Waals surface area contributed by atoms with Crippen molar-refractivity contribution in [1.29, 1.82) is 0 Å². The van der Waals surface area contributed by atoms with Crippen LogP contribution in [0.1, 0.15) is 96.8 Å². The van der Waals surface area contributed by atoms with Crippen molar-refractivity contribution < 1.29 is 9.53 Å². The first-order valence-electron chi connectivity index (χ1n) is 9.34. The van der Waals surface area contributed by atoms with E-state index in [9.17, 15) is 4.79 Å². The van der Waals surface area contributed by atoms with E-state index in [1.807, 2.05) is 0 Å². The van der Waals surface area contributed by atoms with Gasteiger partial charge in [0.25, 0.3) is 0 Å². The number of carbonyl (C=O) groups is 1. The number of rotatable bonds is 11. The predicted molar refractivity (Wildman–Crippen MR) is 89.3 cm³/mol. The zero-order chi connectivity index (χ0) is 15.3. The summed E-state index contributed by atoms with van der Waals surface area (Å²) in [4.78, 5) is 11.0. The van der Waals surface area contributed by atoms with Crippen LogP contribution in [0.25, 0.3) is 0 Å². The zero-order valence-electron chi connectivity index (χ0n) is 14.4. The Labute approximate surface area is 132 Å². The molecule has 0 amide bonds. The zero-order valence-corrected chi connectivity index (χ0v) is 14.4. The first-order valence-corrected chi connectivity index (χ1v) is 9.34. The molecule has 0 aromatic rings. The van der Waals surface area contributed by atoms with Gasteiger partial charge in [-0.1, -0.05) is 84.0 Å². The summed E-state index contributed by atoms with van der Waals surface area (Å²) in [7, 11) is 1.47. The van der Waals surface area contributed by atoms with Crippen molar-refractivity contribution in [2.45, 2.75) is 96.8 Å². The first kappa shape index (κ1) is 18.5. The Hall–Kier alpha value is -0.530. The highest BCUT2D eigenvalue weighted by Gasteiger charge is 2.23. The second kappa shape index (κ2) is 12.1. The molecule has 1 aliphatic carbocycles. The van der Waals surface area contributed by atoms with Crippen LogP contribution in [-0.2, 0) is 9.53 Å². The summed E-state index contributed by atoms with van der Waals surface area (Å²) in [6.45, 7) is 2.33. The van der Waals surface area contributed by atoms with Crippen LogP contribution in [0.15, 0.2) is 0 Å². The molecule has 0 radical (unpaired) electrons. The highest BCUT2D eigenvalue weighted by molar-refractivity contribution is 5.68. The Morgan fingerprint density at radius 1 is 0.905 bits per heavy atom. The summed E-state index contributed by atoms with van der Waals surface area (Å²) in [6.07, 6.45) is 18.4. The fourth-order valence-corrected chi connectivity index (χ4v) is 3.90. The minimum atomic E-state index is -0.0609. The number of hydrogen-bond acceptors (Lipinski definition) is 2. The van der Waals surface area contributed by atoms with Crippen LogP contribution in [0.4, 0.5) is 0 Å². The third-order valence-electron chi connectivity index (χ3n) is 5.16. The predicted octanol–water partition coefficient (Wildman–Crippen LogP) is 5.89. The molecule has 0 bridgehead atoms. The van der Waals surface area contributed by atoms with Crippen molar-refractivity contribution in [3.63, 3.8) is 0 Å². The van der Waals surface area contributed by atoms with Gasteiger partial charge in [0.15, 0.2) is 0 Å². The summed E-state index contributed by atoms with van der Waals surface area (Å²) < 4.78 is 4.65. The lowest BCUT2D eigenvalue weighted by molar-refractivity contribution is -0.140. The average Bonchev–Trinajstić information content (AvgIpc) is 2.51. The Bertz CT molecular complexity index is 260. The van der Waals surface area contributed by atoms with Crippen molar-refractivity contribution in [1.82, 2.24) is 0 Å². The highest BCUT2D eigenvalue weighted by Crippen LogP contribution is 2.36. The third kappa shape index (κ3) is 8.48. The molecule has 21 heavy (non-hydrogen) atoms. The number of carbonyl (C=O) groups excluding carboxylic acids is 1. The quantitative estimate of drug-likeness (QED) is 0.351. The van der Waals surface area contributed by atoms with E-state index in [2.05, 4.69) is 11.7 Å². The molecule has 1 rings (SSSR count). The molecule has 1 aliphatic rings. The lowest BCUT2D eigenvalue weighted by Gasteiger charge is -2.31. The molecule has 1 saturated carbocycles. The van der Waals surface area contributed by atoms with Crippen molar-refractivity contribution in [3.05, 3.63) is 0 Å². The Morgan fingerprint density at radius 2 is 1.48 bits per heavy atom. The molecule has 0 spiro atoms. The van der Waals surface area contributed by atoms with Gasteiger partial charge >= 0.3 is 5.97 Å². The second-order valence-corrected chi connectivity index (χ2v) is 6.83. The minimum Gasteiger partial charge on any atom is -0.469 e. The smallest absolute Gasteiger partial charge is 0.305 e. The molecule has 0 heterocycles. The summed E-state index contributed by atoms with van der Waals surface area (Å²) in [5.74, 6) is 2.00. The van der Waals surface area contributed by atoms with E-state index in [1.54, 1.807) is 0 Å². The average molecular weight is 296 g/mol. The van der Waals surface area contributed by atoms with Gasteiger partial charge in [-0.3, -0.25) is 4.79 Å². The molecule has 2 atom stereocenters. The largest absolute Gasteiger partial charge is 0.469 e. The standard InChI is InChI=1S/C19H36O2/c1-3-12-17-14-10-11-15-18(17)13-8-6-4-5-7-9-16-19(20)21-2/h17-18H,3-16H2,1-2H3. The van der Waals surface area contributed by atoms with Gasteiger partial charge in [-0.15, -0.1) is 0 Å². The highest BCUT2D eigenvalue weighted by atomic mass is 16.5. The van der Waals surface area contributed by atoms with Gasteiger partial charge in [-0.25, -0.2) is 0 Å². The van der Waals surface area contributed by atoms with Crippen molar-refractivity contribution >= 4 is 5.97 Å². The minimum absolute atomic E-state index is 0.0609. The van der Waals surface area contributed by atoms with Crippen LogP contribution in [0, 0.1) is 11.8 Å². The van der Waals surface area contributed by atoms with Gasteiger partial charge in [0, 0.05) is 6.42 Å². The van der Waals surface area contributed by atoms with E-state index in [0.29, 0.717) is 6.42 Å². The molecule has 0 N–H and O–H groups in total. The van der Waals surface area contributed by atoms with Gasteiger partial charge < -0.3 is 4.74 Å². The topological polar surface area (TPSA) is 26.3 Å². The monoisotopic (exact) mass is 296 g/mol. The Morgan fingerprint density at radius 3 is 2.10 bits per heavy atom. The van der Waals surface area contributed by atoms with Gasteiger partial charge in [0.1, 0.15) is 0 Å². The summed E-state index contributed by atoms with van der Waals surface area (Å²) in [5.41, 5.74) is 0. The summed E-state index contributed by atoms with van der Waals surface area (Å²) in [5, 5.41) is 0. The van der Waals surface area contributed by atoms with Crippen LogP contribution < -0.4 is 0 Å². The van der Waals surface area contributed by atoms with Gasteiger partial charge in [0.05, 0.1) is 7.11 Å². The molecule has 0 aromatic carbocycles. The maximum Gasteiger partial charge on any atom is 0.305 e. The lowest BCUT2D eigenvalue weighted by Crippen LogP contribution is -2.19. The Kier molecular flexibility index (Phi) is 10.6. The van der Waals surface area contributed by atoms with Crippen molar-refractivity contribution in [2.75, 3.05) is 7.11 Å². The molecule has 0 saturated heterocycles. The van der Waals surface area contributed by atoms with Crippen LogP contribution in [0.3, 0.4) is 0 Å². The molecule has 0 aliphatic heterocycles. The van der Waals surface area contributed by atoms with Crippen LogP contribution in [0.5, 0.6) is 0 Å². The molecule has 2 nitrogen and oxygen atoms in total. The normalized spacial score (nSPS) is 22.2. The van der Waals surface area contributed by atoms with Crippen molar-refractivity contribution in [3.8, 4) is 0 Å². The van der Waals surface area contributed by atoms with Crippen LogP contribution in [-0.4, -0.2) is 13.1 Å². The third-order valence-corrected chi connectivity index (χ3v) is 5.16. The van der Waals surface area contributed by atoms with E-state index < -0.39 is 0 Å². The molecule has 2 unspecified atom stereocenters. The number of hydrogen-bond donors (Lipinski definition) is 0. The van der Waals surface area contributed by atoms with E-state index in [0.717, 1.165) is 18.3 Å². The molecule has 124 valence electrons. The summed E-state index contributed by atoms with van der Waals surface area (Å²) in [6, 6.07) is 0. The van der Waals surface area contributed by atoms with E-state index in [-0.39, 0.29) is 5.97 Å². The maximum absolute atomic E-state index is 11.0. The number of ether oxygens (including phenoxy) is 1.